The Hall–Kier alpha value is -2.46. The fourth-order valence-corrected chi connectivity index (χ4v) is 1.66. The van der Waals surface area contributed by atoms with Gasteiger partial charge in [0.15, 0.2) is 0 Å². The van der Waals surface area contributed by atoms with Crippen LogP contribution in [0.2, 0.25) is 5.02 Å². The van der Waals surface area contributed by atoms with Gasteiger partial charge in [-0.15, -0.1) is 0 Å². The monoisotopic (exact) mass is 288 g/mol. The molecule has 0 aromatic heterocycles. The van der Waals surface area contributed by atoms with E-state index in [9.17, 15) is 9.90 Å². The van der Waals surface area contributed by atoms with Crippen molar-refractivity contribution in [3.8, 4) is 5.75 Å². The maximum absolute atomic E-state index is 11.6. The number of amides is 2. The third kappa shape index (κ3) is 4.33. The SMILES string of the molecule is O=C(N/C=C/c1ccc(Cl)cc1)Nc1cccc(O)c1. The predicted molar refractivity (Wildman–Crippen MR) is 80.7 cm³/mol. The topological polar surface area (TPSA) is 61.4 Å². The average Bonchev–Trinajstić information content (AvgIpc) is 2.41. The molecule has 0 aliphatic heterocycles. The van der Waals surface area contributed by atoms with Gasteiger partial charge >= 0.3 is 6.03 Å². The Morgan fingerprint density at radius 1 is 1.15 bits per heavy atom. The second-order valence-corrected chi connectivity index (χ2v) is 4.47. The molecule has 0 atom stereocenters. The van der Waals surface area contributed by atoms with Crippen molar-refractivity contribution in [3.05, 3.63) is 65.3 Å². The molecule has 0 saturated heterocycles. The van der Waals surface area contributed by atoms with E-state index in [4.69, 9.17) is 11.6 Å². The summed E-state index contributed by atoms with van der Waals surface area (Å²) in [6.45, 7) is 0. The van der Waals surface area contributed by atoms with Crippen LogP contribution in [0.1, 0.15) is 5.56 Å². The van der Waals surface area contributed by atoms with E-state index in [1.165, 1.54) is 18.3 Å². The highest BCUT2D eigenvalue weighted by Gasteiger charge is 1.99. The largest absolute Gasteiger partial charge is 0.508 e. The summed E-state index contributed by atoms with van der Waals surface area (Å²) in [5, 5.41) is 15.1. The molecule has 3 N–H and O–H groups in total. The van der Waals surface area contributed by atoms with Crippen LogP contribution in [0.5, 0.6) is 5.75 Å². The highest BCUT2D eigenvalue weighted by atomic mass is 35.5. The molecule has 2 amide bonds. The Balaban J connectivity index is 1.87. The van der Waals surface area contributed by atoms with Crippen LogP contribution >= 0.6 is 11.6 Å². The van der Waals surface area contributed by atoms with Crippen LogP contribution in [0.25, 0.3) is 6.08 Å². The van der Waals surface area contributed by atoms with Crippen LogP contribution in [0.15, 0.2) is 54.7 Å². The van der Waals surface area contributed by atoms with E-state index in [2.05, 4.69) is 10.6 Å². The van der Waals surface area contributed by atoms with Crippen molar-refractivity contribution in [2.24, 2.45) is 0 Å². The van der Waals surface area contributed by atoms with Crippen LogP contribution in [0, 0.1) is 0 Å². The smallest absolute Gasteiger partial charge is 0.323 e. The summed E-state index contributed by atoms with van der Waals surface area (Å²) in [6, 6.07) is 13.2. The Morgan fingerprint density at radius 3 is 2.60 bits per heavy atom. The van der Waals surface area contributed by atoms with Crippen molar-refractivity contribution >= 4 is 29.4 Å². The molecular weight excluding hydrogens is 276 g/mol. The lowest BCUT2D eigenvalue weighted by atomic mass is 10.2. The van der Waals surface area contributed by atoms with Gasteiger partial charge in [0.1, 0.15) is 5.75 Å². The molecule has 102 valence electrons. The van der Waals surface area contributed by atoms with E-state index in [0.29, 0.717) is 10.7 Å². The zero-order valence-corrected chi connectivity index (χ0v) is 11.3. The number of phenols is 1. The number of rotatable bonds is 3. The van der Waals surface area contributed by atoms with E-state index < -0.39 is 0 Å². The molecule has 0 saturated carbocycles. The molecule has 2 aromatic carbocycles. The number of phenolic OH excluding ortho intramolecular Hbond substituents is 1. The lowest BCUT2D eigenvalue weighted by Gasteiger charge is -2.04. The van der Waals surface area contributed by atoms with Crippen molar-refractivity contribution in [1.29, 1.82) is 0 Å². The highest BCUT2D eigenvalue weighted by molar-refractivity contribution is 6.30. The summed E-state index contributed by atoms with van der Waals surface area (Å²) in [5.74, 6) is 0.0968. The van der Waals surface area contributed by atoms with Gasteiger partial charge in [-0.3, -0.25) is 0 Å². The summed E-state index contributed by atoms with van der Waals surface area (Å²) in [6.07, 6.45) is 3.28. The number of benzene rings is 2. The van der Waals surface area contributed by atoms with Crippen LogP contribution in [0.4, 0.5) is 10.5 Å². The lowest BCUT2D eigenvalue weighted by molar-refractivity contribution is 0.255. The molecule has 2 aromatic rings. The van der Waals surface area contributed by atoms with Crippen molar-refractivity contribution in [3.63, 3.8) is 0 Å². The number of nitrogens with one attached hydrogen (secondary N) is 2. The molecule has 0 heterocycles. The Kier molecular flexibility index (Phi) is 4.63. The molecule has 0 aliphatic rings. The normalized spacial score (nSPS) is 10.4. The first-order valence-corrected chi connectivity index (χ1v) is 6.30. The van der Waals surface area contributed by atoms with Crippen LogP contribution in [0.3, 0.4) is 0 Å². The minimum atomic E-state index is -0.388. The molecule has 0 radical (unpaired) electrons. The molecule has 0 bridgehead atoms. The number of aromatic hydroxyl groups is 1. The number of urea groups is 1. The van der Waals surface area contributed by atoms with Gasteiger partial charge in [0.25, 0.3) is 0 Å². The number of carbonyl (C=O) groups is 1. The Labute approximate surface area is 121 Å². The maximum atomic E-state index is 11.6. The lowest BCUT2D eigenvalue weighted by Crippen LogP contribution is -2.23. The molecule has 2 rings (SSSR count). The number of carbonyl (C=O) groups excluding carboxylic acids is 1. The molecule has 5 heteroatoms. The number of anilines is 1. The van der Waals surface area contributed by atoms with Gasteiger partial charge in [0, 0.05) is 23.0 Å². The third-order valence-electron chi connectivity index (χ3n) is 2.46. The van der Waals surface area contributed by atoms with Crippen LogP contribution in [-0.2, 0) is 0 Å². The van der Waals surface area contributed by atoms with Crippen molar-refractivity contribution < 1.29 is 9.90 Å². The maximum Gasteiger partial charge on any atom is 0.323 e. The highest BCUT2D eigenvalue weighted by Crippen LogP contribution is 2.15. The first kappa shape index (κ1) is 14.0. The van der Waals surface area contributed by atoms with Crippen molar-refractivity contribution in [2.45, 2.75) is 0 Å². The van der Waals surface area contributed by atoms with Gasteiger partial charge in [-0.25, -0.2) is 4.79 Å². The number of halogens is 1. The summed E-state index contributed by atoms with van der Waals surface area (Å²) in [5.41, 5.74) is 1.44. The standard InChI is InChI=1S/C15H13ClN2O2/c16-12-6-4-11(5-7-12)8-9-17-15(20)18-13-2-1-3-14(19)10-13/h1-10,19H,(H2,17,18,20)/b9-8+. The van der Waals surface area contributed by atoms with Gasteiger partial charge in [-0.05, 0) is 35.9 Å². The third-order valence-corrected chi connectivity index (χ3v) is 2.72. The van der Waals surface area contributed by atoms with Crippen molar-refractivity contribution in [2.75, 3.05) is 5.32 Å². The summed E-state index contributed by atoms with van der Waals surface area (Å²) >= 11 is 5.77. The van der Waals surface area contributed by atoms with Crippen LogP contribution < -0.4 is 10.6 Å². The molecule has 0 spiro atoms. The Morgan fingerprint density at radius 2 is 1.90 bits per heavy atom. The fourth-order valence-electron chi connectivity index (χ4n) is 1.54. The zero-order chi connectivity index (χ0) is 14.4. The van der Waals surface area contributed by atoms with E-state index in [1.807, 2.05) is 12.1 Å². The fraction of sp³-hybridized carbons (Fsp3) is 0. The molecule has 4 nitrogen and oxygen atoms in total. The van der Waals surface area contributed by atoms with Gasteiger partial charge in [-0.2, -0.15) is 0 Å². The van der Waals surface area contributed by atoms with Gasteiger partial charge in [0.2, 0.25) is 0 Å². The minimum Gasteiger partial charge on any atom is -0.508 e. The zero-order valence-electron chi connectivity index (χ0n) is 10.5. The van der Waals surface area contributed by atoms with E-state index in [1.54, 1.807) is 30.3 Å². The van der Waals surface area contributed by atoms with Gasteiger partial charge in [-0.1, -0.05) is 29.8 Å². The molecule has 0 fully saturated rings. The summed E-state index contributed by atoms with van der Waals surface area (Å²) in [7, 11) is 0. The van der Waals surface area contributed by atoms with Crippen molar-refractivity contribution in [1.82, 2.24) is 5.32 Å². The van der Waals surface area contributed by atoms with E-state index in [-0.39, 0.29) is 11.8 Å². The second kappa shape index (κ2) is 6.63. The summed E-state index contributed by atoms with van der Waals surface area (Å²) < 4.78 is 0. The van der Waals surface area contributed by atoms with E-state index >= 15 is 0 Å². The molecule has 0 aliphatic carbocycles. The second-order valence-electron chi connectivity index (χ2n) is 4.03. The predicted octanol–water partition coefficient (Wildman–Crippen LogP) is 3.84. The Bertz CT molecular complexity index is 624. The summed E-state index contributed by atoms with van der Waals surface area (Å²) in [4.78, 5) is 11.6. The van der Waals surface area contributed by atoms with Gasteiger partial charge < -0.3 is 15.7 Å². The number of hydrogen-bond acceptors (Lipinski definition) is 2. The minimum absolute atomic E-state index is 0.0968. The van der Waals surface area contributed by atoms with Gasteiger partial charge in [0.05, 0.1) is 0 Å². The molecule has 20 heavy (non-hydrogen) atoms. The first-order valence-electron chi connectivity index (χ1n) is 5.92. The van der Waals surface area contributed by atoms with E-state index in [0.717, 1.165) is 5.56 Å². The quantitative estimate of drug-likeness (QED) is 0.803. The van der Waals surface area contributed by atoms with Crippen LogP contribution in [-0.4, -0.2) is 11.1 Å². The average molecular weight is 289 g/mol. The first-order chi connectivity index (χ1) is 9.63. The number of hydrogen-bond donors (Lipinski definition) is 3. The molecule has 0 unspecified atom stereocenters. The molecular formula is C15H13ClN2O2.